The van der Waals surface area contributed by atoms with Gasteiger partial charge < -0.3 is 4.57 Å². The van der Waals surface area contributed by atoms with E-state index in [0.717, 1.165) is 50.0 Å². The van der Waals surface area contributed by atoms with Crippen LogP contribution in [0.5, 0.6) is 0 Å². The molecule has 178 valence electrons. The molecule has 1 N–H and O–H groups in total. The van der Waals surface area contributed by atoms with Gasteiger partial charge in [0.05, 0.1) is 29.5 Å². The molecular formula is C23H22F3N5O2S. The quantitative estimate of drug-likeness (QED) is 0.509. The maximum absolute atomic E-state index is 14.8. The Hall–Kier alpha value is -2.97. The Bertz CT molecular complexity index is 1390. The Morgan fingerprint density at radius 1 is 1.15 bits per heavy atom. The summed E-state index contributed by atoms with van der Waals surface area (Å²) in [6, 6.07) is 3.98. The predicted molar refractivity (Wildman–Crippen MR) is 119 cm³/mol. The van der Waals surface area contributed by atoms with Gasteiger partial charge in [0.25, 0.3) is 0 Å². The minimum absolute atomic E-state index is 0.0978. The Morgan fingerprint density at radius 3 is 2.35 bits per heavy atom. The number of fused-ring (bicyclic) bond motifs is 1. The molecule has 7 nitrogen and oxygen atoms in total. The van der Waals surface area contributed by atoms with Crippen LogP contribution >= 0.6 is 0 Å². The molecule has 0 radical (unpaired) electrons. The van der Waals surface area contributed by atoms with Gasteiger partial charge in [-0.1, -0.05) is 0 Å². The molecule has 5 rings (SSSR count). The van der Waals surface area contributed by atoms with Gasteiger partial charge in [0.2, 0.25) is 10.0 Å². The summed E-state index contributed by atoms with van der Waals surface area (Å²) in [4.78, 5) is 8.02. The van der Waals surface area contributed by atoms with Crippen molar-refractivity contribution in [3.8, 4) is 17.6 Å². The van der Waals surface area contributed by atoms with Gasteiger partial charge in [0, 0.05) is 11.4 Å². The van der Waals surface area contributed by atoms with Crippen LogP contribution in [0.2, 0.25) is 0 Å². The van der Waals surface area contributed by atoms with E-state index in [1.54, 1.807) is 0 Å². The smallest absolute Gasteiger partial charge is 0.244 e. The third-order valence-electron chi connectivity index (χ3n) is 6.54. The van der Waals surface area contributed by atoms with Crippen molar-refractivity contribution in [3.63, 3.8) is 0 Å². The van der Waals surface area contributed by atoms with Crippen molar-refractivity contribution in [2.75, 3.05) is 13.3 Å². The van der Waals surface area contributed by atoms with Crippen LogP contribution in [0.1, 0.15) is 55.2 Å². The molecule has 2 heterocycles. The monoisotopic (exact) mass is 489 g/mol. The summed E-state index contributed by atoms with van der Waals surface area (Å²) in [7, 11) is -4.23. The van der Waals surface area contributed by atoms with E-state index in [0.29, 0.717) is 16.6 Å². The predicted octanol–water partition coefficient (Wildman–Crippen LogP) is 4.30. The van der Waals surface area contributed by atoms with Gasteiger partial charge >= 0.3 is 0 Å². The second-order valence-corrected chi connectivity index (χ2v) is 10.5. The second-order valence-electron chi connectivity index (χ2n) is 8.82. The van der Waals surface area contributed by atoms with Gasteiger partial charge in [0.1, 0.15) is 35.8 Å². The zero-order valence-corrected chi connectivity index (χ0v) is 19.0. The summed E-state index contributed by atoms with van der Waals surface area (Å²) >= 11 is 0. The lowest BCUT2D eigenvalue weighted by Crippen LogP contribution is -2.38. The van der Waals surface area contributed by atoms with Crippen LogP contribution in [0.4, 0.5) is 13.2 Å². The normalized spacial score (nSPS) is 16.7. The zero-order valence-electron chi connectivity index (χ0n) is 18.1. The number of benzene rings is 1. The molecule has 3 aromatic rings. The third kappa shape index (κ3) is 3.84. The highest BCUT2D eigenvalue weighted by Crippen LogP contribution is 2.46. The van der Waals surface area contributed by atoms with Crippen molar-refractivity contribution in [1.82, 2.24) is 19.3 Å². The van der Waals surface area contributed by atoms with Gasteiger partial charge in [-0.15, -0.1) is 0 Å². The third-order valence-corrected chi connectivity index (χ3v) is 8.01. The summed E-state index contributed by atoms with van der Waals surface area (Å²) in [5.74, 6) is -0.0270. The number of halogens is 3. The SMILES string of the molecule is N#Cc1c(-c2ncc(S(=O)(=O)NC(CF)CF)cn2)n(C2CCC2)c2cc(C3CC3)c(F)cc12. The van der Waals surface area contributed by atoms with E-state index < -0.39 is 29.4 Å². The zero-order chi connectivity index (χ0) is 24.0. The van der Waals surface area contributed by atoms with Crippen LogP contribution in [-0.4, -0.2) is 42.3 Å². The van der Waals surface area contributed by atoms with Gasteiger partial charge in [-0.2, -0.15) is 5.26 Å². The van der Waals surface area contributed by atoms with E-state index >= 15 is 0 Å². The minimum Gasteiger partial charge on any atom is -0.334 e. The fourth-order valence-electron chi connectivity index (χ4n) is 4.38. The highest BCUT2D eigenvalue weighted by Gasteiger charge is 2.33. The molecule has 2 aromatic heterocycles. The molecule has 0 atom stereocenters. The molecule has 2 fully saturated rings. The second kappa shape index (κ2) is 8.67. The highest BCUT2D eigenvalue weighted by atomic mass is 32.2. The maximum atomic E-state index is 14.8. The Morgan fingerprint density at radius 2 is 1.82 bits per heavy atom. The van der Waals surface area contributed by atoms with Crippen LogP contribution in [-0.2, 0) is 10.0 Å². The topological polar surface area (TPSA) is 101 Å². The Balaban J connectivity index is 1.63. The van der Waals surface area contributed by atoms with Crippen molar-refractivity contribution in [2.24, 2.45) is 0 Å². The molecule has 34 heavy (non-hydrogen) atoms. The number of sulfonamides is 1. The highest BCUT2D eigenvalue weighted by molar-refractivity contribution is 7.89. The first-order chi connectivity index (χ1) is 16.4. The molecule has 2 aliphatic rings. The molecule has 2 saturated carbocycles. The summed E-state index contributed by atoms with van der Waals surface area (Å²) in [6.07, 6.45) is 6.75. The van der Waals surface area contributed by atoms with E-state index in [4.69, 9.17) is 0 Å². The lowest BCUT2D eigenvalue weighted by Gasteiger charge is -2.30. The number of nitrogens with zero attached hydrogens (tertiary/aromatic N) is 4. The van der Waals surface area contributed by atoms with E-state index in [9.17, 15) is 26.9 Å². The van der Waals surface area contributed by atoms with Gasteiger partial charge in [-0.3, -0.25) is 0 Å². The van der Waals surface area contributed by atoms with Crippen molar-refractivity contribution in [3.05, 3.63) is 41.5 Å². The van der Waals surface area contributed by atoms with E-state index in [2.05, 4.69) is 16.0 Å². The lowest BCUT2D eigenvalue weighted by molar-refractivity contribution is 0.323. The summed E-state index contributed by atoms with van der Waals surface area (Å²) in [6.45, 7) is -2.39. The Kier molecular flexibility index (Phi) is 5.81. The molecule has 0 amide bonds. The largest absolute Gasteiger partial charge is 0.334 e. The number of hydrogen-bond donors (Lipinski definition) is 1. The number of hydrogen-bond acceptors (Lipinski definition) is 5. The first kappa shape index (κ1) is 22.8. The molecule has 1 aromatic carbocycles. The van der Waals surface area contributed by atoms with Crippen LogP contribution in [0.15, 0.2) is 29.4 Å². The van der Waals surface area contributed by atoms with E-state index in [-0.39, 0.29) is 34.1 Å². The minimum atomic E-state index is -4.23. The van der Waals surface area contributed by atoms with Crippen LogP contribution < -0.4 is 4.72 Å². The summed E-state index contributed by atoms with van der Waals surface area (Å²) < 4.78 is 69.2. The van der Waals surface area contributed by atoms with Crippen molar-refractivity contribution >= 4 is 20.9 Å². The van der Waals surface area contributed by atoms with Crippen LogP contribution in [0, 0.1) is 17.1 Å². The van der Waals surface area contributed by atoms with Crippen molar-refractivity contribution in [2.45, 2.75) is 55.0 Å². The van der Waals surface area contributed by atoms with Crippen molar-refractivity contribution < 1.29 is 21.6 Å². The first-order valence-corrected chi connectivity index (χ1v) is 12.6. The van der Waals surface area contributed by atoms with E-state index in [1.165, 1.54) is 6.07 Å². The number of aromatic nitrogens is 3. The maximum Gasteiger partial charge on any atom is 0.244 e. The molecular weight excluding hydrogens is 467 g/mol. The van der Waals surface area contributed by atoms with Gasteiger partial charge in [-0.25, -0.2) is 36.3 Å². The van der Waals surface area contributed by atoms with Gasteiger partial charge in [-0.05, 0) is 55.7 Å². The van der Waals surface area contributed by atoms with Gasteiger partial charge in [0.15, 0.2) is 5.82 Å². The molecule has 2 aliphatic carbocycles. The molecule has 11 heteroatoms. The molecule has 0 bridgehead atoms. The molecule has 0 saturated heterocycles. The molecule has 0 unspecified atom stereocenters. The first-order valence-electron chi connectivity index (χ1n) is 11.1. The van der Waals surface area contributed by atoms with Crippen molar-refractivity contribution in [1.29, 1.82) is 5.26 Å². The number of rotatable bonds is 8. The number of nitriles is 1. The Labute approximate surface area is 194 Å². The summed E-state index contributed by atoms with van der Waals surface area (Å²) in [5.41, 5.74) is 2.03. The molecule has 0 spiro atoms. The number of nitrogens with one attached hydrogen (secondary N) is 1. The average molecular weight is 490 g/mol. The van der Waals surface area contributed by atoms with Crippen LogP contribution in [0.3, 0.4) is 0 Å². The summed E-state index contributed by atoms with van der Waals surface area (Å²) in [5, 5.41) is 10.4. The standard InChI is InChI=1S/C23H22F3N5O2S/c24-8-14(9-25)30-34(32,33)16-11-28-23(29-12-16)22-19(10-27)18-6-20(26)17(13-4-5-13)7-21(18)31(22)15-2-1-3-15/h6-7,11-15,30H,1-5,8-9H2. The fourth-order valence-corrected chi connectivity index (χ4v) is 5.46. The average Bonchev–Trinajstić information content (AvgIpc) is 3.59. The number of alkyl halides is 2. The molecule has 0 aliphatic heterocycles. The fraction of sp³-hybridized carbons (Fsp3) is 0.435. The van der Waals surface area contributed by atoms with Crippen LogP contribution in [0.25, 0.3) is 22.4 Å². The van der Waals surface area contributed by atoms with E-state index in [1.807, 2.05) is 15.4 Å². The lowest BCUT2D eigenvalue weighted by atomic mass is 9.92.